The molecule has 0 spiro atoms. The molecule has 1 N–H and O–H groups in total. The number of benzene rings is 1. The fourth-order valence-electron chi connectivity index (χ4n) is 2.84. The standard InChI is InChI=1S/C19H19ClN2O3/c1-3-25-19(24)12(2)17-9-14-8-16(23)10-21-18(14)22(17)11-13-4-6-15(20)7-5-13/h4-10,12,23H,3,11H2,1-2H3. The van der Waals surface area contributed by atoms with Crippen LogP contribution in [0.3, 0.4) is 0 Å². The van der Waals surface area contributed by atoms with Gasteiger partial charge in [0.2, 0.25) is 0 Å². The molecule has 130 valence electrons. The van der Waals surface area contributed by atoms with Gasteiger partial charge in [0.25, 0.3) is 0 Å². The van der Waals surface area contributed by atoms with E-state index in [4.69, 9.17) is 16.3 Å². The second-order valence-electron chi connectivity index (χ2n) is 5.86. The second kappa shape index (κ2) is 7.15. The summed E-state index contributed by atoms with van der Waals surface area (Å²) in [7, 11) is 0. The molecule has 3 aromatic rings. The predicted octanol–water partition coefficient (Wildman–Crippen LogP) is 4.11. The Hall–Kier alpha value is -2.53. The van der Waals surface area contributed by atoms with Crippen LogP contribution in [0.25, 0.3) is 11.0 Å². The minimum absolute atomic E-state index is 0.0893. The number of carbonyl (C=O) groups is 1. The normalized spacial score (nSPS) is 12.3. The summed E-state index contributed by atoms with van der Waals surface area (Å²) in [5.74, 6) is -0.637. The zero-order valence-electron chi connectivity index (χ0n) is 14.1. The molecule has 0 aliphatic heterocycles. The quantitative estimate of drug-likeness (QED) is 0.697. The molecule has 0 amide bonds. The Labute approximate surface area is 150 Å². The summed E-state index contributed by atoms with van der Waals surface area (Å²) >= 11 is 5.96. The highest BCUT2D eigenvalue weighted by atomic mass is 35.5. The predicted molar refractivity (Wildman–Crippen MR) is 97.0 cm³/mol. The maximum absolute atomic E-state index is 12.2. The van der Waals surface area contributed by atoms with Gasteiger partial charge in [0.15, 0.2) is 0 Å². The topological polar surface area (TPSA) is 64.3 Å². The molecule has 1 aromatic carbocycles. The van der Waals surface area contributed by atoms with E-state index in [1.807, 2.05) is 41.8 Å². The Morgan fingerprint density at radius 3 is 2.72 bits per heavy atom. The van der Waals surface area contributed by atoms with Crippen LogP contribution in [0.1, 0.15) is 31.0 Å². The number of esters is 1. The molecule has 0 aliphatic carbocycles. The summed E-state index contributed by atoms with van der Waals surface area (Å²) in [4.78, 5) is 16.6. The van der Waals surface area contributed by atoms with Crippen LogP contribution in [-0.4, -0.2) is 27.2 Å². The van der Waals surface area contributed by atoms with Crippen LogP contribution < -0.4 is 0 Å². The summed E-state index contributed by atoms with van der Waals surface area (Å²) in [5, 5.41) is 11.2. The molecule has 0 saturated heterocycles. The summed E-state index contributed by atoms with van der Waals surface area (Å²) < 4.78 is 7.13. The van der Waals surface area contributed by atoms with E-state index in [1.54, 1.807) is 13.0 Å². The lowest BCUT2D eigenvalue weighted by Gasteiger charge is -2.15. The smallest absolute Gasteiger partial charge is 0.314 e. The average Bonchev–Trinajstić information content (AvgIpc) is 2.94. The van der Waals surface area contributed by atoms with Crippen molar-refractivity contribution in [1.29, 1.82) is 0 Å². The molecule has 5 nitrogen and oxygen atoms in total. The van der Waals surface area contributed by atoms with E-state index in [-0.39, 0.29) is 11.7 Å². The Morgan fingerprint density at radius 2 is 2.04 bits per heavy atom. The number of ether oxygens (including phenoxy) is 1. The van der Waals surface area contributed by atoms with Crippen LogP contribution in [-0.2, 0) is 16.1 Å². The third kappa shape index (κ3) is 3.61. The van der Waals surface area contributed by atoms with Gasteiger partial charge < -0.3 is 14.4 Å². The fourth-order valence-corrected chi connectivity index (χ4v) is 2.97. The van der Waals surface area contributed by atoms with Gasteiger partial charge in [-0.05, 0) is 43.7 Å². The molecule has 1 atom stereocenters. The zero-order chi connectivity index (χ0) is 18.0. The van der Waals surface area contributed by atoms with Gasteiger partial charge in [0, 0.05) is 22.6 Å². The molecular formula is C19H19ClN2O3. The van der Waals surface area contributed by atoms with Gasteiger partial charge in [0.1, 0.15) is 11.4 Å². The number of halogens is 1. The SMILES string of the molecule is CCOC(=O)C(C)c1cc2cc(O)cnc2n1Cc1ccc(Cl)cc1. The number of pyridine rings is 1. The molecule has 25 heavy (non-hydrogen) atoms. The maximum Gasteiger partial charge on any atom is 0.314 e. The third-order valence-electron chi connectivity index (χ3n) is 4.09. The first-order valence-electron chi connectivity index (χ1n) is 8.08. The third-order valence-corrected chi connectivity index (χ3v) is 4.34. The lowest BCUT2D eigenvalue weighted by molar-refractivity contribution is -0.144. The fraction of sp³-hybridized carbons (Fsp3) is 0.263. The Bertz CT molecular complexity index is 903. The van der Waals surface area contributed by atoms with Gasteiger partial charge in [-0.2, -0.15) is 0 Å². The molecule has 0 bridgehead atoms. The minimum Gasteiger partial charge on any atom is -0.506 e. The van der Waals surface area contributed by atoms with E-state index in [9.17, 15) is 9.90 Å². The number of aromatic hydroxyl groups is 1. The lowest BCUT2D eigenvalue weighted by atomic mass is 10.1. The number of hydrogen-bond donors (Lipinski definition) is 1. The number of rotatable bonds is 5. The van der Waals surface area contributed by atoms with Gasteiger partial charge in [0.05, 0.1) is 18.7 Å². The lowest BCUT2D eigenvalue weighted by Crippen LogP contribution is -2.17. The van der Waals surface area contributed by atoms with Crippen molar-refractivity contribution in [2.75, 3.05) is 6.61 Å². The van der Waals surface area contributed by atoms with E-state index >= 15 is 0 Å². The van der Waals surface area contributed by atoms with E-state index in [0.29, 0.717) is 23.8 Å². The van der Waals surface area contributed by atoms with Crippen molar-refractivity contribution >= 4 is 28.6 Å². The highest BCUT2D eigenvalue weighted by Crippen LogP contribution is 2.28. The largest absolute Gasteiger partial charge is 0.506 e. The number of fused-ring (bicyclic) bond motifs is 1. The van der Waals surface area contributed by atoms with Crippen LogP contribution in [0, 0.1) is 0 Å². The molecule has 3 rings (SSSR count). The van der Waals surface area contributed by atoms with Crippen LogP contribution >= 0.6 is 11.6 Å². The molecule has 6 heteroatoms. The minimum atomic E-state index is -0.441. The molecule has 0 fully saturated rings. The summed E-state index contributed by atoms with van der Waals surface area (Å²) in [5.41, 5.74) is 2.54. The molecule has 0 radical (unpaired) electrons. The molecule has 1 unspecified atom stereocenters. The van der Waals surface area contributed by atoms with Crippen molar-refractivity contribution in [2.45, 2.75) is 26.3 Å². The summed E-state index contributed by atoms with van der Waals surface area (Å²) in [6, 6.07) is 11.1. The van der Waals surface area contributed by atoms with Gasteiger partial charge in [-0.25, -0.2) is 4.98 Å². The Morgan fingerprint density at radius 1 is 1.32 bits per heavy atom. The number of carbonyl (C=O) groups excluding carboxylic acids is 1. The van der Waals surface area contributed by atoms with Gasteiger partial charge in [-0.3, -0.25) is 4.79 Å². The highest BCUT2D eigenvalue weighted by molar-refractivity contribution is 6.30. The highest BCUT2D eigenvalue weighted by Gasteiger charge is 2.23. The van der Waals surface area contributed by atoms with Crippen molar-refractivity contribution in [3.8, 4) is 5.75 Å². The van der Waals surface area contributed by atoms with Crippen molar-refractivity contribution in [2.24, 2.45) is 0 Å². The van der Waals surface area contributed by atoms with E-state index in [1.165, 1.54) is 6.20 Å². The molecular weight excluding hydrogens is 340 g/mol. The van der Waals surface area contributed by atoms with Crippen molar-refractivity contribution in [1.82, 2.24) is 9.55 Å². The first kappa shape index (κ1) is 17.3. The first-order chi connectivity index (χ1) is 12.0. The second-order valence-corrected chi connectivity index (χ2v) is 6.30. The summed E-state index contributed by atoms with van der Waals surface area (Å²) in [6.07, 6.45) is 1.40. The van der Waals surface area contributed by atoms with E-state index in [2.05, 4.69) is 4.98 Å². The maximum atomic E-state index is 12.2. The molecule has 0 aliphatic rings. The van der Waals surface area contributed by atoms with Gasteiger partial charge in [-0.1, -0.05) is 23.7 Å². The Balaban J connectivity index is 2.08. The molecule has 2 aromatic heterocycles. The van der Waals surface area contributed by atoms with Crippen LogP contribution in [0.15, 0.2) is 42.6 Å². The molecule has 2 heterocycles. The number of aromatic nitrogens is 2. The summed E-state index contributed by atoms with van der Waals surface area (Å²) in [6.45, 7) is 4.47. The van der Waals surface area contributed by atoms with Gasteiger partial charge in [-0.15, -0.1) is 0 Å². The number of nitrogens with zero attached hydrogens (tertiary/aromatic N) is 2. The molecule has 0 saturated carbocycles. The van der Waals surface area contributed by atoms with Crippen LogP contribution in [0.4, 0.5) is 0 Å². The van der Waals surface area contributed by atoms with Crippen LogP contribution in [0.5, 0.6) is 5.75 Å². The van der Waals surface area contributed by atoms with Crippen molar-refractivity contribution in [3.05, 3.63) is 58.9 Å². The van der Waals surface area contributed by atoms with Crippen molar-refractivity contribution in [3.63, 3.8) is 0 Å². The zero-order valence-corrected chi connectivity index (χ0v) is 14.8. The monoisotopic (exact) mass is 358 g/mol. The van der Waals surface area contributed by atoms with E-state index < -0.39 is 5.92 Å². The van der Waals surface area contributed by atoms with Crippen LogP contribution in [0.2, 0.25) is 5.02 Å². The number of hydrogen-bond acceptors (Lipinski definition) is 4. The average molecular weight is 359 g/mol. The Kier molecular flexibility index (Phi) is 4.95. The van der Waals surface area contributed by atoms with Crippen molar-refractivity contribution < 1.29 is 14.6 Å². The van der Waals surface area contributed by atoms with E-state index in [0.717, 1.165) is 16.6 Å². The van der Waals surface area contributed by atoms with Gasteiger partial charge >= 0.3 is 5.97 Å². The first-order valence-corrected chi connectivity index (χ1v) is 8.46.